The Morgan fingerprint density at radius 2 is 1.80 bits per heavy atom. The van der Waals surface area contributed by atoms with Crippen molar-refractivity contribution in [2.75, 3.05) is 20.3 Å². The minimum absolute atomic E-state index is 0.0719. The second-order valence-electron chi connectivity index (χ2n) is 11.2. The van der Waals surface area contributed by atoms with Gasteiger partial charge in [0.1, 0.15) is 29.1 Å². The van der Waals surface area contributed by atoms with Gasteiger partial charge in [0.2, 0.25) is 5.91 Å². The summed E-state index contributed by atoms with van der Waals surface area (Å²) in [5.41, 5.74) is 0.226. The van der Waals surface area contributed by atoms with E-state index in [2.05, 4.69) is 15.6 Å². The molecule has 0 aromatic heterocycles. The van der Waals surface area contributed by atoms with E-state index in [4.69, 9.17) is 9.47 Å². The van der Waals surface area contributed by atoms with Crippen molar-refractivity contribution in [3.05, 3.63) is 29.8 Å². The van der Waals surface area contributed by atoms with Crippen LogP contribution in [0.25, 0.3) is 0 Å². The molecule has 220 valence electrons. The van der Waals surface area contributed by atoms with Gasteiger partial charge in [0.05, 0.1) is 13.7 Å². The number of benzene rings is 1. The Bertz CT molecular complexity index is 1100. The predicted molar refractivity (Wildman–Crippen MR) is 149 cm³/mol. The van der Waals surface area contributed by atoms with Gasteiger partial charge in [0.15, 0.2) is 0 Å². The van der Waals surface area contributed by atoms with Crippen molar-refractivity contribution in [1.29, 1.82) is 0 Å². The maximum atomic E-state index is 13.8. The monoisotopic (exact) mass is 558 g/mol. The van der Waals surface area contributed by atoms with Crippen LogP contribution in [0.1, 0.15) is 65.4 Å². The minimum atomic E-state index is -0.996. The molecular weight excluding hydrogens is 516 g/mol. The first-order chi connectivity index (χ1) is 19.0. The third-order valence-corrected chi connectivity index (χ3v) is 7.21. The first-order valence-electron chi connectivity index (χ1n) is 13.9. The van der Waals surface area contributed by atoms with E-state index in [0.717, 1.165) is 11.3 Å². The number of carbonyl (C=O) groups excluding carboxylic acids is 4. The first kappa shape index (κ1) is 31.1. The molecule has 1 aromatic rings. The lowest BCUT2D eigenvalue weighted by Gasteiger charge is -2.28. The van der Waals surface area contributed by atoms with E-state index in [9.17, 15) is 24.3 Å². The standard InChI is InChI=1S/C29H42N4O7/c1-6-22(31-28(38)40-29(2,3)4)25(35)32-24-19(17-34)9-10-20-11-14-23(33(20)27(24)37)26(36)30-16-15-18-7-12-21(39-5)13-8-18/h7-8,12-13,19-20,22-23,34H,6,9-11,14-17H2,1-5H3,(H,30,36)(H,31,38)/t19-,20+,22+,23+/m1/s1. The number of nitrogens with zero attached hydrogens (tertiary/aromatic N) is 2. The number of aliphatic imine (C=N–C) groups is 1. The van der Waals surface area contributed by atoms with Crippen LogP contribution in [0.2, 0.25) is 0 Å². The first-order valence-corrected chi connectivity index (χ1v) is 13.9. The summed E-state index contributed by atoms with van der Waals surface area (Å²) in [6, 6.07) is 5.73. The van der Waals surface area contributed by atoms with E-state index in [-0.39, 0.29) is 30.7 Å². The Balaban J connectivity index is 1.72. The largest absolute Gasteiger partial charge is 0.497 e. The molecule has 2 saturated heterocycles. The molecule has 2 heterocycles. The summed E-state index contributed by atoms with van der Waals surface area (Å²) in [4.78, 5) is 57.9. The number of hydrogen-bond donors (Lipinski definition) is 3. The fourth-order valence-corrected chi connectivity index (χ4v) is 5.11. The quantitative estimate of drug-likeness (QED) is 0.422. The van der Waals surface area contributed by atoms with Gasteiger partial charge in [0.25, 0.3) is 11.8 Å². The van der Waals surface area contributed by atoms with Gasteiger partial charge in [-0.15, -0.1) is 0 Å². The Kier molecular flexibility index (Phi) is 10.7. The maximum absolute atomic E-state index is 13.8. The highest BCUT2D eigenvalue weighted by Crippen LogP contribution is 2.33. The molecule has 0 radical (unpaired) electrons. The number of alkyl carbamates (subject to hydrolysis) is 1. The topological polar surface area (TPSA) is 147 Å². The van der Waals surface area contributed by atoms with E-state index in [1.165, 1.54) is 4.90 Å². The molecule has 1 aromatic carbocycles. The van der Waals surface area contributed by atoms with Crippen molar-refractivity contribution < 1.29 is 33.8 Å². The number of aliphatic hydroxyl groups is 1. The summed E-state index contributed by atoms with van der Waals surface area (Å²) in [6.45, 7) is 6.90. The fourth-order valence-electron chi connectivity index (χ4n) is 5.11. The Hall–Kier alpha value is -3.47. The number of carbonyl (C=O) groups is 4. The lowest BCUT2D eigenvalue weighted by Crippen LogP contribution is -2.51. The van der Waals surface area contributed by atoms with Crippen molar-refractivity contribution >= 4 is 29.5 Å². The molecule has 3 N–H and O–H groups in total. The van der Waals surface area contributed by atoms with E-state index in [0.29, 0.717) is 38.6 Å². The summed E-state index contributed by atoms with van der Waals surface area (Å²) in [7, 11) is 1.60. The Morgan fingerprint density at radius 1 is 1.12 bits per heavy atom. The van der Waals surface area contributed by atoms with Gasteiger partial charge in [-0.3, -0.25) is 14.4 Å². The average Bonchev–Trinajstić information content (AvgIpc) is 3.29. The molecule has 0 saturated carbocycles. The highest BCUT2D eigenvalue weighted by molar-refractivity contribution is 6.41. The summed E-state index contributed by atoms with van der Waals surface area (Å²) in [6.07, 6.45) is 2.30. The zero-order valence-electron chi connectivity index (χ0n) is 24.1. The maximum Gasteiger partial charge on any atom is 0.408 e. The predicted octanol–water partition coefficient (Wildman–Crippen LogP) is 2.39. The van der Waals surface area contributed by atoms with Gasteiger partial charge in [-0.25, -0.2) is 9.79 Å². The van der Waals surface area contributed by atoms with Crippen LogP contribution in [-0.4, -0.2) is 83.5 Å². The lowest BCUT2D eigenvalue weighted by atomic mass is 9.96. The number of amides is 4. The second-order valence-corrected chi connectivity index (χ2v) is 11.2. The summed E-state index contributed by atoms with van der Waals surface area (Å²) < 4.78 is 10.4. The third kappa shape index (κ3) is 8.03. The van der Waals surface area contributed by atoms with Gasteiger partial charge in [-0.2, -0.15) is 0 Å². The van der Waals surface area contributed by atoms with Crippen molar-refractivity contribution in [2.24, 2.45) is 10.9 Å². The van der Waals surface area contributed by atoms with Crippen LogP contribution in [0.5, 0.6) is 5.75 Å². The van der Waals surface area contributed by atoms with Crippen LogP contribution in [-0.2, 0) is 25.5 Å². The molecule has 0 bridgehead atoms. The molecule has 2 aliphatic rings. The second kappa shape index (κ2) is 13.7. The van der Waals surface area contributed by atoms with Gasteiger partial charge >= 0.3 is 6.09 Å². The van der Waals surface area contributed by atoms with Crippen molar-refractivity contribution in [3.8, 4) is 5.75 Å². The third-order valence-electron chi connectivity index (χ3n) is 7.21. The molecule has 2 fully saturated rings. The van der Waals surface area contributed by atoms with E-state index >= 15 is 0 Å². The number of fused-ring (bicyclic) bond motifs is 1. The molecule has 11 heteroatoms. The van der Waals surface area contributed by atoms with Crippen LogP contribution in [0.4, 0.5) is 4.79 Å². The highest BCUT2D eigenvalue weighted by Gasteiger charge is 2.45. The molecule has 3 rings (SSSR count). The number of rotatable bonds is 9. The van der Waals surface area contributed by atoms with Gasteiger partial charge in [-0.05, 0) is 77.0 Å². The van der Waals surface area contributed by atoms with E-state index in [1.807, 2.05) is 24.3 Å². The number of aliphatic hydroxyl groups excluding tert-OH is 1. The smallest absolute Gasteiger partial charge is 0.408 e. The Labute approximate surface area is 235 Å². The lowest BCUT2D eigenvalue weighted by molar-refractivity contribution is -0.135. The summed E-state index contributed by atoms with van der Waals surface area (Å²) in [5.74, 6) is -1.36. The molecule has 0 aliphatic carbocycles. The van der Waals surface area contributed by atoms with E-state index < -0.39 is 41.5 Å². The zero-order chi connectivity index (χ0) is 29.4. The van der Waals surface area contributed by atoms with E-state index in [1.54, 1.807) is 34.8 Å². The molecule has 4 amide bonds. The summed E-state index contributed by atoms with van der Waals surface area (Å²) in [5, 5.41) is 15.5. The van der Waals surface area contributed by atoms with Crippen LogP contribution in [0, 0.1) is 5.92 Å². The highest BCUT2D eigenvalue weighted by atomic mass is 16.6. The van der Waals surface area contributed by atoms with Crippen LogP contribution >= 0.6 is 0 Å². The number of methoxy groups -OCH3 is 1. The SMILES string of the molecule is CC[C@H](NC(=O)OC(C)(C)C)C(=O)N=C1C(=O)N2[C@@H](CC[C@@H]1CO)CC[C@H]2C(=O)NCCc1ccc(OC)cc1. The number of nitrogens with one attached hydrogen (secondary N) is 2. The number of hydrogen-bond acceptors (Lipinski definition) is 7. The molecule has 0 spiro atoms. The van der Waals surface area contributed by atoms with Crippen molar-refractivity contribution in [1.82, 2.24) is 15.5 Å². The van der Waals surface area contributed by atoms with Gasteiger partial charge in [-0.1, -0.05) is 19.1 Å². The minimum Gasteiger partial charge on any atom is -0.497 e. The summed E-state index contributed by atoms with van der Waals surface area (Å²) >= 11 is 0. The van der Waals surface area contributed by atoms with Crippen LogP contribution < -0.4 is 15.4 Å². The molecule has 40 heavy (non-hydrogen) atoms. The van der Waals surface area contributed by atoms with Crippen LogP contribution in [0.15, 0.2) is 29.3 Å². The van der Waals surface area contributed by atoms with Crippen molar-refractivity contribution in [3.63, 3.8) is 0 Å². The molecule has 2 aliphatic heterocycles. The molecule has 0 unspecified atom stereocenters. The number of ether oxygens (including phenoxy) is 2. The van der Waals surface area contributed by atoms with Crippen molar-refractivity contribution in [2.45, 2.75) is 89.9 Å². The fraction of sp³-hybridized carbons (Fsp3) is 0.621. The zero-order valence-corrected chi connectivity index (χ0v) is 24.1. The normalized spacial score (nSPS) is 22.8. The molecule has 11 nitrogen and oxygen atoms in total. The average molecular weight is 559 g/mol. The molecule has 4 atom stereocenters. The Morgan fingerprint density at radius 3 is 2.40 bits per heavy atom. The van der Waals surface area contributed by atoms with Gasteiger partial charge < -0.3 is 30.1 Å². The van der Waals surface area contributed by atoms with Gasteiger partial charge in [0, 0.05) is 18.5 Å². The molecular formula is C29H42N4O7. The van der Waals surface area contributed by atoms with Crippen LogP contribution in [0.3, 0.4) is 0 Å².